The molecule has 1 aliphatic rings. The van der Waals surface area contributed by atoms with Gasteiger partial charge in [0.25, 0.3) is 11.6 Å². The number of nitro groups is 1. The Hall–Kier alpha value is -2.17. The SMILES string of the molecule is CC1=CN(C(=O)c2ccc([N+](=O)[O-])cc2)CC1C. The summed E-state index contributed by atoms with van der Waals surface area (Å²) in [6.07, 6.45) is 1.84. The highest BCUT2D eigenvalue weighted by Gasteiger charge is 2.23. The zero-order chi connectivity index (χ0) is 13.3. The number of hydrogen-bond donors (Lipinski definition) is 0. The van der Waals surface area contributed by atoms with E-state index in [2.05, 4.69) is 6.92 Å². The van der Waals surface area contributed by atoms with Crippen molar-refractivity contribution in [1.82, 2.24) is 4.90 Å². The average molecular weight is 246 g/mol. The molecule has 0 spiro atoms. The lowest BCUT2D eigenvalue weighted by Gasteiger charge is -2.14. The van der Waals surface area contributed by atoms with Crippen molar-refractivity contribution in [3.8, 4) is 0 Å². The van der Waals surface area contributed by atoms with Crippen LogP contribution in [-0.2, 0) is 0 Å². The minimum atomic E-state index is -0.476. The van der Waals surface area contributed by atoms with Crippen molar-refractivity contribution >= 4 is 11.6 Å². The largest absolute Gasteiger partial charge is 0.314 e. The topological polar surface area (TPSA) is 63.5 Å². The molecule has 5 nitrogen and oxygen atoms in total. The molecule has 0 radical (unpaired) electrons. The van der Waals surface area contributed by atoms with E-state index in [4.69, 9.17) is 0 Å². The highest BCUT2D eigenvalue weighted by atomic mass is 16.6. The molecule has 1 heterocycles. The molecule has 0 fully saturated rings. The van der Waals surface area contributed by atoms with Gasteiger partial charge in [0.05, 0.1) is 4.92 Å². The van der Waals surface area contributed by atoms with Crippen LogP contribution in [0.1, 0.15) is 24.2 Å². The molecule has 0 aromatic heterocycles. The monoisotopic (exact) mass is 246 g/mol. The molecule has 94 valence electrons. The summed E-state index contributed by atoms with van der Waals surface area (Å²) in [5.41, 5.74) is 1.64. The Morgan fingerprint density at radius 3 is 2.44 bits per heavy atom. The molecule has 2 rings (SSSR count). The van der Waals surface area contributed by atoms with Gasteiger partial charge in [0, 0.05) is 30.4 Å². The zero-order valence-electron chi connectivity index (χ0n) is 10.3. The molecular formula is C13H14N2O3. The van der Waals surface area contributed by atoms with Crippen molar-refractivity contribution in [3.05, 3.63) is 51.7 Å². The van der Waals surface area contributed by atoms with E-state index in [0.717, 1.165) is 0 Å². The first kappa shape index (κ1) is 12.3. The summed E-state index contributed by atoms with van der Waals surface area (Å²) in [5, 5.41) is 10.5. The first-order chi connectivity index (χ1) is 8.49. The minimum absolute atomic E-state index is 0.00642. The highest BCUT2D eigenvalue weighted by Crippen LogP contribution is 2.22. The van der Waals surface area contributed by atoms with Crippen molar-refractivity contribution in [2.75, 3.05) is 6.54 Å². The second kappa shape index (κ2) is 4.60. The fourth-order valence-electron chi connectivity index (χ4n) is 1.90. The molecule has 1 aliphatic heterocycles. The van der Waals surface area contributed by atoms with Gasteiger partial charge >= 0.3 is 0 Å². The van der Waals surface area contributed by atoms with Gasteiger partial charge in [0.15, 0.2) is 0 Å². The molecule has 1 atom stereocenters. The fraction of sp³-hybridized carbons (Fsp3) is 0.308. The fourth-order valence-corrected chi connectivity index (χ4v) is 1.90. The predicted octanol–water partition coefficient (Wildman–Crippen LogP) is 2.59. The Kier molecular flexibility index (Phi) is 3.14. The first-order valence-electron chi connectivity index (χ1n) is 5.73. The third kappa shape index (κ3) is 2.25. The number of carbonyl (C=O) groups excluding carboxylic acids is 1. The van der Waals surface area contributed by atoms with E-state index >= 15 is 0 Å². The molecule has 0 saturated carbocycles. The lowest BCUT2D eigenvalue weighted by Crippen LogP contribution is -2.25. The van der Waals surface area contributed by atoms with Crippen LogP contribution in [0, 0.1) is 16.0 Å². The van der Waals surface area contributed by atoms with Crippen LogP contribution in [0.15, 0.2) is 36.0 Å². The number of nitro benzene ring substituents is 1. The maximum atomic E-state index is 12.1. The lowest BCUT2D eigenvalue weighted by molar-refractivity contribution is -0.384. The molecule has 1 aromatic rings. The second-order valence-electron chi connectivity index (χ2n) is 4.54. The summed E-state index contributed by atoms with van der Waals surface area (Å²) in [4.78, 5) is 23.8. The third-order valence-corrected chi connectivity index (χ3v) is 3.19. The lowest BCUT2D eigenvalue weighted by atomic mass is 10.1. The van der Waals surface area contributed by atoms with Gasteiger partial charge in [0.1, 0.15) is 0 Å². The molecule has 1 unspecified atom stereocenters. The van der Waals surface area contributed by atoms with Crippen LogP contribution < -0.4 is 0 Å². The quantitative estimate of drug-likeness (QED) is 0.595. The van der Waals surface area contributed by atoms with Gasteiger partial charge in [-0.2, -0.15) is 0 Å². The predicted molar refractivity (Wildman–Crippen MR) is 67.1 cm³/mol. The van der Waals surface area contributed by atoms with Crippen LogP contribution in [0.5, 0.6) is 0 Å². The smallest absolute Gasteiger partial charge is 0.269 e. The number of non-ortho nitro benzene ring substituents is 1. The summed E-state index contributed by atoms with van der Waals surface area (Å²) in [6.45, 7) is 4.73. The summed E-state index contributed by atoms with van der Waals surface area (Å²) in [5.74, 6) is 0.251. The molecule has 0 bridgehead atoms. The van der Waals surface area contributed by atoms with Crippen molar-refractivity contribution in [3.63, 3.8) is 0 Å². The van der Waals surface area contributed by atoms with Gasteiger partial charge in [0.2, 0.25) is 0 Å². The van der Waals surface area contributed by atoms with Crippen LogP contribution in [0.4, 0.5) is 5.69 Å². The maximum absolute atomic E-state index is 12.1. The van der Waals surface area contributed by atoms with E-state index in [1.54, 1.807) is 4.90 Å². The summed E-state index contributed by atoms with van der Waals surface area (Å²) in [6, 6.07) is 5.69. The Morgan fingerprint density at radius 2 is 2.00 bits per heavy atom. The van der Waals surface area contributed by atoms with E-state index in [-0.39, 0.29) is 11.6 Å². The van der Waals surface area contributed by atoms with Crippen LogP contribution in [0.2, 0.25) is 0 Å². The van der Waals surface area contributed by atoms with Crippen molar-refractivity contribution in [1.29, 1.82) is 0 Å². The van der Waals surface area contributed by atoms with Crippen LogP contribution in [0.3, 0.4) is 0 Å². The minimum Gasteiger partial charge on any atom is -0.314 e. The number of carbonyl (C=O) groups is 1. The molecule has 18 heavy (non-hydrogen) atoms. The van der Waals surface area contributed by atoms with Crippen molar-refractivity contribution in [2.24, 2.45) is 5.92 Å². The molecule has 0 saturated heterocycles. The average Bonchev–Trinajstić information content (AvgIpc) is 2.69. The standard InChI is InChI=1S/C13H14N2O3/c1-9-7-14(8-10(9)2)13(16)11-3-5-12(6-4-11)15(17)18/h3-7,10H,8H2,1-2H3. The molecular weight excluding hydrogens is 232 g/mol. The van der Waals surface area contributed by atoms with Crippen LogP contribution in [0.25, 0.3) is 0 Å². The summed E-state index contributed by atoms with van der Waals surface area (Å²) in [7, 11) is 0. The molecule has 1 aromatic carbocycles. The van der Waals surface area contributed by atoms with Gasteiger partial charge in [-0.05, 0) is 25.0 Å². The van der Waals surface area contributed by atoms with Gasteiger partial charge < -0.3 is 4.90 Å². The number of rotatable bonds is 2. The van der Waals surface area contributed by atoms with Gasteiger partial charge in [-0.1, -0.05) is 12.5 Å². The molecule has 5 heteroatoms. The van der Waals surface area contributed by atoms with Gasteiger partial charge in [-0.3, -0.25) is 14.9 Å². The van der Waals surface area contributed by atoms with Gasteiger partial charge in [-0.25, -0.2) is 0 Å². The molecule has 1 amide bonds. The summed E-state index contributed by atoms with van der Waals surface area (Å²) >= 11 is 0. The normalized spacial score (nSPS) is 18.7. The third-order valence-electron chi connectivity index (χ3n) is 3.19. The maximum Gasteiger partial charge on any atom is 0.269 e. The van der Waals surface area contributed by atoms with E-state index in [1.165, 1.54) is 29.8 Å². The highest BCUT2D eigenvalue weighted by molar-refractivity contribution is 5.95. The van der Waals surface area contributed by atoms with Crippen LogP contribution >= 0.6 is 0 Å². The molecule has 0 N–H and O–H groups in total. The first-order valence-corrected chi connectivity index (χ1v) is 5.73. The Labute approximate surface area is 105 Å². The van der Waals surface area contributed by atoms with E-state index in [9.17, 15) is 14.9 Å². The van der Waals surface area contributed by atoms with E-state index < -0.39 is 4.92 Å². The van der Waals surface area contributed by atoms with E-state index in [0.29, 0.717) is 18.0 Å². The van der Waals surface area contributed by atoms with Gasteiger partial charge in [-0.15, -0.1) is 0 Å². The molecule has 0 aliphatic carbocycles. The zero-order valence-corrected chi connectivity index (χ0v) is 10.3. The second-order valence-corrected chi connectivity index (χ2v) is 4.54. The van der Waals surface area contributed by atoms with Crippen molar-refractivity contribution < 1.29 is 9.72 Å². The number of hydrogen-bond acceptors (Lipinski definition) is 3. The Balaban J connectivity index is 2.17. The number of amides is 1. The van der Waals surface area contributed by atoms with E-state index in [1.807, 2.05) is 13.1 Å². The summed E-state index contributed by atoms with van der Waals surface area (Å²) < 4.78 is 0. The Morgan fingerprint density at radius 1 is 1.39 bits per heavy atom. The Bertz CT molecular complexity index is 520. The number of benzene rings is 1. The van der Waals surface area contributed by atoms with Crippen molar-refractivity contribution in [2.45, 2.75) is 13.8 Å². The number of nitrogens with zero attached hydrogens (tertiary/aromatic N) is 2. The van der Waals surface area contributed by atoms with Crippen LogP contribution in [-0.4, -0.2) is 22.3 Å².